The molecular formula is C39H54O7. The van der Waals surface area contributed by atoms with Crippen LogP contribution >= 0.6 is 0 Å². The van der Waals surface area contributed by atoms with Gasteiger partial charge in [0.25, 0.3) is 0 Å². The van der Waals surface area contributed by atoms with Gasteiger partial charge in [0.1, 0.15) is 0 Å². The van der Waals surface area contributed by atoms with Crippen LogP contribution in [0.2, 0.25) is 0 Å². The number of hydrogen-bond donors (Lipinski definition) is 2. The minimum absolute atomic E-state index is 0.0396. The van der Waals surface area contributed by atoms with Crippen LogP contribution in [0.1, 0.15) is 94.8 Å². The zero-order valence-electron chi connectivity index (χ0n) is 27.7. The van der Waals surface area contributed by atoms with Crippen molar-refractivity contribution in [2.24, 2.45) is 23.7 Å². The molecule has 0 spiro atoms. The van der Waals surface area contributed by atoms with Crippen molar-refractivity contribution in [2.75, 3.05) is 33.0 Å². The molecule has 0 radical (unpaired) electrons. The van der Waals surface area contributed by atoms with Crippen molar-refractivity contribution in [1.29, 1.82) is 0 Å². The van der Waals surface area contributed by atoms with Crippen molar-refractivity contribution in [3.8, 4) is 0 Å². The Hall–Kier alpha value is -3.00. The van der Waals surface area contributed by atoms with Gasteiger partial charge in [0.2, 0.25) is 0 Å². The van der Waals surface area contributed by atoms with Gasteiger partial charge in [-0.3, -0.25) is 0 Å². The van der Waals surface area contributed by atoms with Crippen molar-refractivity contribution in [3.63, 3.8) is 0 Å². The Kier molecular flexibility index (Phi) is 14.3. The molecule has 7 heteroatoms. The van der Waals surface area contributed by atoms with E-state index >= 15 is 0 Å². The molecule has 2 aliphatic rings. The highest BCUT2D eigenvalue weighted by Crippen LogP contribution is 2.43. The number of esters is 2. The molecule has 252 valence electrons. The van der Waals surface area contributed by atoms with Crippen molar-refractivity contribution in [1.82, 2.24) is 0 Å². The van der Waals surface area contributed by atoms with E-state index in [1.807, 2.05) is 0 Å². The van der Waals surface area contributed by atoms with E-state index in [4.69, 9.17) is 24.4 Å². The average molecular weight is 635 g/mol. The lowest BCUT2D eigenvalue weighted by atomic mass is 9.69. The van der Waals surface area contributed by atoms with Crippen LogP contribution in [0.4, 0.5) is 0 Å². The number of aryl methyl sites for hydroxylation is 1. The van der Waals surface area contributed by atoms with Crippen LogP contribution in [0.25, 0.3) is 10.8 Å². The summed E-state index contributed by atoms with van der Waals surface area (Å²) in [5.74, 6) is 0.704. The highest BCUT2D eigenvalue weighted by molar-refractivity contribution is 5.88. The first-order chi connectivity index (χ1) is 22.3. The van der Waals surface area contributed by atoms with Gasteiger partial charge in [-0.05, 0) is 116 Å². The minimum Gasteiger partial charge on any atom is -0.462 e. The molecule has 0 bridgehead atoms. The third-order valence-electron chi connectivity index (χ3n) is 10.2. The van der Waals surface area contributed by atoms with Gasteiger partial charge in [-0.2, -0.15) is 0 Å². The molecule has 2 aromatic carbocycles. The number of carbonyl (C=O) groups excluding carboxylic acids is 2. The second-order valence-electron chi connectivity index (χ2n) is 13.4. The maximum absolute atomic E-state index is 12.0. The summed E-state index contributed by atoms with van der Waals surface area (Å²) in [6, 6.07) is 13.7. The number of carbonyl (C=O) groups is 2. The fourth-order valence-corrected chi connectivity index (χ4v) is 7.30. The topological polar surface area (TPSA) is 102 Å². The van der Waals surface area contributed by atoms with Gasteiger partial charge in [0.15, 0.2) is 0 Å². The summed E-state index contributed by atoms with van der Waals surface area (Å²) >= 11 is 0. The number of fused-ring (bicyclic) bond motifs is 1. The lowest BCUT2D eigenvalue weighted by Crippen LogP contribution is -2.32. The molecule has 2 atom stereocenters. The first-order valence-electron chi connectivity index (χ1n) is 17.4. The summed E-state index contributed by atoms with van der Waals surface area (Å²) in [4.78, 5) is 24.0. The summed E-state index contributed by atoms with van der Waals surface area (Å²) < 4.78 is 17.2. The molecule has 2 N–H and O–H groups in total. The van der Waals surface area contributed by atoms with E-state index in [0.717, 1.165) is 45.1 Å². The summed E-state index contributed by atoms with van der Waals surface area (Å²) in [6.45, 7) is 9.72. The van der Waals surface area contributed by atoms with E-state index in [2.05, 4.69) is 56.5 Å². The minimum atomic E-state index is -0.582. The number of aliphatic hydroxyl groups is 2. The van der Waals surface area contributed by atoms with Crippen LogP contribution in [0, 0.1) is 23.7 Å². The smallest absolute Gasteiger partial charge is 0.335 e. The van der Waals surface area contributed by atoms with Crippen LogP contribution in [0.5, 0.6) is 0 Å². The quantitative estimate of drug-likeness (QED) is 0.106. The Labute approximate surface area is 275 Å². The van der Waals surface area contributed by atoms with Gasteiger partial charge in [-0.1, -0.05) is 63.3 Å². The summed E-state index contributed by atoms with van der Waals surface area (Å²) in [6.07, 6.45) is 13.0. The first-order valence-corrected chi connectivity index (χ1v) is 17.4. The van der Waals surface area contributed by atoms with Crippen LogP contribution in [0.15, 0.2) is 60.7 Å². The third kappa shape index (κ3) is 10.2. The maximum atomic E-state index is 12.0. The van der Waals surface area contributed by atoms with Crippen molar-refractivity contribution in [2.45, 2.75) is 90.1 Å². The van der Waals surface area contributed by atoms with E-state index in [1.54, 1.807) is 0 Å². The Bertz CT molecular complexity index is 1270. The Morgan fingerprint density at radius 2 is 1.43 bits per heavy atom. The third-order valence-corrected chi connectivity index (χ3v) is 10.2. The van der Waals surface area contributed by atoms with Crippen molar-refractivity contribution < 1.29 is 34.0 Å². The summed E-state index contributed by atoms with van der Waals surface area (Å²) in [5, 5.41) is 20.9. The molecule has 1 aliphatic carbocycles. The van der Waals surface area contributed by atoms with Crippen LogP contribution < -0.4 is 0 Å². The summed E-state index contributed by atoms with van der Waals surface area (Å²) in [5.41, 5.74) is 2.78. The molecule has 0 amide bonds. The van der Waals surface area contributed by atoms with Gasteiger partial charge < -0.3 is 24.4 Å². The van der Waals surface area contributed by atoms with E-state index < -0.39 is 25.2 Å². The maximum Gasteiger partial charge on any atom is 0.335 e. The SMILES string of the molecule is C=C(CO)C(=O)OCCC(CCOC(=O)C(=C)CO)C1CCC(C2CCC(c3ccc4cc(CCCCC)ccc4c3)OC2)CC1. The number of hydrogen-bond acceptors (Lipinski definition) is 7. The molecule has 7 nitrogen and oxygen atoms in total. The van der Waals surface area contributed by atoms with Crippen molar-refractivity contribution >= 4 is 22.7 Å². The number of ether oxygens (including phenoxy) is 3. The number of aliphatic hydroxyl groups excluding tert-OH is 2. The molecule has 4 rings (SSSR count). The Balaban J connectivity index is 1.26. The molecule has 2 fully saturated rings. The largest absolute Gasteiger partial charge is 0.462 e. The van der Waals surface area contributed by atoms with E-state index in [0.29, 0.717) is 30.6 Å². The number of benzene rings is 2. The molecule has 1 saturated carbocycles. The highest BCUT2D eigenvalue weighted by Gasteiger charge is 2.34. The molecule has 0 aromatic heterocycles. The van der Waals surface area contributed by atoms with E-state index in [-0.39, 0.29) is 36.4 Å². The molecule has 46 heavy (non-hydrogen) atoms. The van der Waals surface area contributed by atoms with Gasteiger partial charge in [0.05, 0.1) is 50.3 Å². The molecule has 1 aliphatic heterocycles. The Morgan fingerprint density at radius 1 is 0.826 bits per heavy atom. The molecule has 1 heterocycles. The van der Waals surface area contributed by atoms with Gasteiger partial charge >= 0.3 is 11.9 Å². The fourth-order valence-electron chi connectivity index (χ4n) is 7.30. The normalized spacial score (nSPS) is 21.7. The zero-order valence-corrected chi connectivity index (χ0v) is 27.7. The predicted molar refractivity (Wildman–Crippen MR) is 181 cm³/mol. The zero-order chi connectivity index (χ0) is 32.9. The second kappa shape index (κ2) is 18.4. The van der Waals surface area contributed by atoms with E-state index in [1.165, 1.54) is 47.6 Å². The van der Waals surface area contributed by atoms with E-state index in [9.17, 15) is 9.59 Å². The lowest BCUT2D eigenvalue weighted by Gasteiger charge is -2.40. The summed E-state index contributed by atoms with van der Waals surface area (Å²) in [7, 11) is 0. The molecular weight excluding hydrogens is 580 g/mol. The highest BCUT2D eigenvalue weighted by atomic mass is 16.5. The average Bonchev–Trinajstić information content (AvgIpc) is 3.10. The van der Waals surface area contributed by atoms with Crippen molar-refractivity contribution in [3.05, 3.63) is 71.8 Å². The standard InChI is InChI=1S/C39H54O7/c1-4-5-6-7-29-8-9-34-23-35(15-14-33(34)22-29)37-17-16-36(26-46-37)31-12-10-30(11-13-31)32(18-20-44-38(42)27(2)24-40)19-21-45-39(43)28(3)25-41/h8-9,14-15,22-23,30-32,36-37,40-41H,2-7,10-13,16-21,24-26H2,1H3. The van der Waals surface area contributed by atoms with Gasteiger partial charge in [-0.25, -0.2) is 9.59 Å². The number of rotatable bonds is 17. The molecule has 1 saturated heterocycles. The predicted octanol–water partition coefficient (Wildman–Crippen LogP) is 7.43. The molecule has 2 aromatic rings. The van der Waals surface area contributed by atoms with Crippen LogP contribution in [-0.4, -0.2) is 55.2 Å². The first kappa shape index (κ1) is 35.8. The van der Waals surface area contributed by atoms with Gasteiger partial charge in [0, 0.05) is 0 Å². The number of unbranched alkanes of at least 4 members (excludes halogenated alkanes) is 2. The second-order valence-corrected chi connectivity index (χ2v) is 13.4. The Morgan fingerprint density at radius 3 is 2.02 bits per heavy atom. The molecule has 2 unspecified atom stereocenters. The van der Waals surface area contributed by atoms with Crippen LogP contribution in [0.3, 0.4) is 0 Å². The monoisotopic (exact) mass is 634 g/mol. The fraction of sp³-hybridized carbons (Fsp3) is 0.590. The van der Waals surface area contributed by atoms with Crippen LogP contribution in [-0.2, 0) is 30.2 Å². The lowest BCUT2D eigenvalue weighted by molar-refractivity contribution is -0.140. The van der Waals surface area contributed by atoms with Gasteiger partial charge in [-0.15, -0.1) is 0 Å².